The van der Waals surface area contributed by atoms with Gasteiger partial charge in [-0.3, -0.25) is 4.79 Å². The van der Waals surface area contributed by atoms with Gasteiger partial charge in [0.1, 0.15) is 31.2 Å². The summed E-state index contributed by atoms with van der Waals surface area (Å²) in [5.74, 6) is -2.87. The highest BCUT2D eigenvalue weighted by Gasteiger charge is 2.60. The number of imidazole rings is 1. The third kappa shape index (κ3) is 3.89. The molecule has 11 nitrogen and oxygen atoms in total. The summed E-state index contributed by atoms with van der Waals surface area (Å²) >= 11 is 0. The van der Waals surface area contributed by atoms with Crippen LogP contribution >= 0.6 is 0 Å². The quantitative estimate of drug-likeness (QED) is 0.268. The molecule has 3 aliphatic heterocycles. The first kappa shape index (κ1) is 26.6. The molecule has 0 saturated carbocycles. The van der Waals surface area contributed by atoms with Gasteiger partial charge in [-0.2, -0.15) is 4.31 Å². The summed E-state index contributed by atoms with van der Waals surface area (Å²) in [6.45, 7) is 4.23. The Bertz CT molecular complexity index is 1690. The Morgan fingerprint density at radius 3 is 2.70 bits per heavy atom. The fourth-order valence-electron chi connectivity index (χ4n) is 6.57. The molecule has 0 aliphatic carbocycles. The zero-order valence-electron chi connectivity index (χ0n) is 22.1. The van der Waals surface area contributed by atoms with Crippen LogP contribution in [-0.4, -0.2) is 74.7 Å². The predicted octanol–water partition coefficient (Wildman–Crippen LogP) is 0.670. The van der Waals surface area contributed by atoms with Gasteiger partial charge in [-0.05, 0) is 29.5 Å². The number of carbonyl (C=O) groups excluding carboxylic acids is 1. The second kappa shape index (κ2) is 9.51. The number of rotatable bonds is 8. The van der Waals surface area contributed by atoms with E-state index in [4.69, 9.17) is 0 Å². The summed E-state index contributed by atoms with van der Waals surface area (Å²) in [7, 11) is -3.99. The molecule has 40 heavy (non-hydrogen) atoms. The van der Waals surface area contributed by atoms with E-state index in [-0.39, 0.29) is 30.3 Å². The molecule has 3 aromatic rings. The number of carboxylic acids is 1. The molecule has 0 spiro atoms. The van der Waals surface area contributed by atoms with Gasteiger partial charge in [-0.1, -0.05) is 31.2 Å². The van der Waals surface area contributed by atoms with Crippen molar-refractivity contribution in [2.75, 3.05) is 13.2 Å². The first-order chi connectivity index (χ1) is 19.0. The number of aliphatic hydroxyl groups excluding tert-OH is 2. The van der Waals surface area contributed by atoms with Gasteiger partial charge in [0, 0.05) is 30.0 Å². The minimum absolute atomic E-state index is 0.0315. The van der Waals surface area contributed by atoms with Crippen LogP contribution in [-0.2, 0) is 39.2 Å². The van der Waals surface area contributed by atoms with Crippen LogP contribution in [0.4, 0.5) is 0 Å². The lowest BCUT2D eigenvalue weighted by molar-refractivity contribution is -0.687. The molecule has 1 amide bonds. The summed E-state index contributed by atoms with van der Waals surface area (Å²) in [5.41, 5.74) is 1.95. The van der Waals surface area contributed by atoms with Crippen LogP contribution in [0.25, 0.3) is 10.8 Å². The summed E-state index contributed by atoms with van der Waals surface area (Å²) < 4.78 is 33.0. The van der Waals surface area contributed by atoms with Crippen molar-refractivity contribution in [2.24, 2.45) is 11.8 Å². The molecule has 3 aliphatic rings. The van der Waals surface area contributed by atoms with E-state index >= 15 is 0 Å². The summed E-state index contributed by atoms with van der Waals surface area (Å²) in [4.78, 5) is 26.3. The summed E-state index contributed by atoms with van der Waals surface area (Å²) in [6.07, 6.45) is 4.72. The van der Waals surface area contributed by atoms with Crippen molar-refractivity contribution >= 4 is 32.7 Å². The maximum absolute atomic E-state index is 13.9. The third-order valence-corrected chi connectivity index (χ3v) is 10.3. The molecule has 3 N–H and O–H groups in total. The van der Waals surface area contributed by atoms with E-state index in [2.05, 4.69) is 0 Å². The van der Waals surface area contributed by atoms with E-state index < -0.39 is 45.9 Å². The number of fused-ring (bicyclic) bond motifs is 1. The molecule has 0 bridgehead atoms. The van der Waals surface area contributed by atoms with E-state index in [1.165, 1.54) is 16.1 Å². The second-order valence-corrected chi connectivity index (χ2v) is 12.7. The number of β-lactam (4-membered cyclic amide) rings is 1. The molecule has 1 saturated heterocycles. The van der Waals surface area contributed by atoms with Crippen molar-refractivity contribution in [3.05, 3.63) is 71.4 Å². The summed E-state index contributed by atoms with van der Waals surface area (Å²) in [6, 6.07) is 8.58. The number of sulfonamides is 1. The SMILES string of the molecule is C[C@@H](O)[C@H]1C(=O)N2C(C(=O)O)=C(CN3Cc4cccc5c(C[n+]6ccn(CCO)c6)ccc(c45)S3(=O)=O)[C@H](C)[C@H]12. The third-order valence-electron chi connectivity index (χ3n) is 8.47. The van der Waals surface area contributed by atoms with Crippen molar-refractivity contribution in [1.29, 1.82) is 0 Å². The van der Waals surface area contributed by atoms with E-state index in [1.807, 2.05) is 46.1 Å². The summed E-state index contributed by atoms with van der Waals surface area (Å²) in [5, 5.41) is 30.8. The van der Waals surface area contributed by atoms with Crippen molar-refractivity contribution in [3.8, 4) is 0 Å². The largest absolute Gasteiger partial charge is 0.477 e. The van der Waals surface area contributed by atoms with Gasteiger partial charge in [0.2, 0.25) is 22.3 Å². The zero-order valence-corrected chi connectivity index (χ0v) is 23.0. The number of aliphatic carboxylic acids is 1. The molecule has 4 atom stereocenters. The monoisotopic (exact) mass is 567 g/mol. The fraction of sp³-hybridized carbons (Fsp3) is 0.393. The average molecular weight is 568 g/mol. The lowest BCUT2D eigenvalue weighted by Gasteiger charge is -2.46. The molecule has 0 unspecified atom stereocenters. The number of carboxylic acid groups (broad SMARTS) is 1. The number of aromatic nitrogens is 2. The number of aliphatic hydroxyl groups is 2. The van der Waals surface area contributed by atoms with Gasteiger partial charge in [0.25, 0.3) is 0 Å². The standard InChI is InChI=1S/C28H30N4O7S/c1-16-21(26(28(36)37)32-25(16)23(17(2)34)27(32)35)14-31-13-19-4-3-5-20-18(6-7-22(24(19)20)40(31,38)39)12-30-9-8-29(15-30)10-11-33/h3-9,15-17,23,25,33-34H,10-14H2,1-2H3/p+1/t16-,17+,23+,25+/m0/s1. The van der Waals surface area contributed by atoms with Crippen LogP contribution in [0.3, 0.4) is 0 Å². The van der Waals surface area contributed by atoms with Crippen LogP contribution in [0.2, 0.25) is 0 Å². The highest BCUT2D eigenvalue weighted by Crippen LogP contribution is 2.48. The molecular formula is C28H31N4O7S+. The van der Waals surface area contributed by atoms with Gasteiger partial charge in [-0.25, -0.2) is 22.3 Å². The molecular weight excluding hydrogens is 536 g/mol. The average Bonchev–Trinajstić information content (AvgIpc) is 3.43. The maximum atomic E-state index is 13.9. The number of amides is 1. The zero-order chi connectivity index (χ0) is 28.5. The van der Waals surface area contributed by atoms with Crippen molar-refractivity contribution < 1.29 is 37.9 Å². The molecule has 1 fully saturated rings. The van der Waals surface area contributed by atoms with Crippen molar-refractivity contribution in [1.82, 2.24) is 13.8 Å². The molecule has 4 heterocycles. The van der Waals surface area contributed by atoms with Gasteiger partial charge in [-0.15, -0.1) is 0 Å². The fourth-order valence-corrected chi connectivity index (χ4v) is 8.20. The minimum atomic E-state index is -3.99. The number of hydrogen-bond donors (Lipinski definition) is 3. The molecule has 0 radical (unpaired) electrons. The Labute approximate surface area is 231 Å². The normalized spacial score (nSPS) is 24.4. The van der Waals surface area contributed by atoms with E-state index in [0.717, 1.165) is 16.5 Å². The minimum Gasteiger partial charge on any atom is -0.477 e. The van der Waals surface area contributed by atoms with E-state index in [0.29, 0.717) is 24.0 Å². The van der Waals surface area contributed by atoms with Crippen LogP contribution in [0.15, 0.2) is 65.2 Å². The molecule has 1 aromatic heterocycles. The Morgan fingerprint density at radius 1 is 1.23 bits per heavy atom. The number of hydrogen-bond acceptors (Lipinski definition) is 6. The first-order valence-electron chi connectivity index (χ1n) is 13.2. The Balaban J connectivity index is 1.35. The predicted molar refractivity (Wildman–Crippen MR) is 142 cm³/mol. The van der Waals surface area contributed by atoms with Gasteiger partial charge >= 0.3 is 5.97 Å². The Morgan fingerprint density at radius 2 is 2.00 bits per heavy atom. The lowest BCUT2D eigenvalue weighted by atomic mass is 9.78. The Kier molecular flexibility index (Phi) is 6.33. The van der Waals surface area contributed by atoms with Gasteiger partial charge < -0.3 is 20.2 Å². The molecule has 210 valence electrons. The number of nitrogens with zero attached hydrogens (tertiary/aromatic N) is 4. The highest BCUT2D eigenvalue weighted by molar-refractivity contribution is 7.89. The lowest BCUT2D eigenvalue weighted by Crippen LogP contribution is -2.63. The molecule has 6 rings (SSSR count). The highest BCUT2D eigenvalue weighted by atomic mass is 32.2. The van der Waals surface area contributed by atoms with Crippen LogP contribution in [0.5, 0.6) is 0 Å². The Hall–Kier alpha value is -3.58. The van der Waals surface area contributed by atoms with Crippen LogP contribution in [0, 0.1) is 11.8 Å². The number of carbonyl (C=O) groups is 2. The van der Waals surface area contributed by atoms with Crippen molar-refractivity contribution in [3.63, 3.8) is 0 Å². The maximum Gasteiger partial charge on any atom is 0.352 e. The van der Waals surface area contributed by atoms with Crippen molar-refractivity contribution in [2.45, 2.75) is 50.5 Å². The van der Waals surface area contributed by atoms with Gasteiger partial charge in [0.15, 0.2) is 0 Å². The van der Waals surface area contributed by atoms with Gasteiger partial charge in [0.05, 0.1) is 29.6 Å². The van der Waals surface area contributed by atoms with Crippen LogP contribution in [0.1, 0.15) is 25.0 Å². The van der Waals surface area contributed by atoms with E-state index in [9.17, 15) is 33.3 Å². The van der Waals surface area contributed by atoms with Crippen LogP contribution < -0.4 is 4.57 Å². The molecule has 2 aromatic carbocycles. The first-order valence-corrected chi connectivity index (χ1v) is 14.7. The van der Waals surface area contributed by atoms with E-state index in [1.54, 1.807) is 19.1 Å². The molecule has 12 heteroatoms. The smallest absolute Gasteiger partial charge is 0.352 e. The second-order valence-electron chi connectivity index (χ2n) is 10.8. The topological polar surface area (TPSA) is 144 Å². The number of benzene rings is 2.